The van der Waals surface area contributed by atoms with Crippen molar-refractivity contribution >= 4 is 17.5 Å². The number of amides is 2. The summed E-state index contributed by atoms with van der Waals surface area (Å²) < 4.78 is 5.08. The highest BCUT2D eigenvalue weighted by Gasteiger charge is 2.15. The number of ketones is 1. The van der Waals surface area contributed by atoms with E-state index in [1.807, 2.05) is 13.8 Å². The summed E-state index contributed by atoms with van der Waals surface area (Å²) in [5, 5.41) is 5.60. The number of hydrogen-bond donors (Lipinski definition) is 2. The van der Waals surface area contributed by atoms with Gasteiger partial charge in [0.05, 0.1) is 12.6 Å². The van der Waals surface area contributed by atoms with Crippen molar-refractivity contribution in [3.8, 4) is 0 Å². The Balaban J connectivity index is 2.59. The first-order valence-corrected chi connectivity index (χ1v) is 6.61. The Hall–Kier alpha value is -1.88. The minimum atomic E-state index is -0.281. The maximum Gasteiger partial charge on any atom is 0.319 e. The van der Waals surface area contributed by atoms with Crippen molar-refractivity contribution in [2.75, 3.05) is 19.0 Å². The summed E-state index contributed by atoms with van der Waals surface area (Å²) in [6, 6.07) is 6.46. The van der Waals surface area contributed by atoms with Crippen molar-refractivity contribution in [1.82, 2.24) is 5.32 Å². The van der Waals surface area contributed by atoms with Gasteiger partial charge in [0.15, 0.2) is 5.78 Å². The molecule has 20 heavy (non-hydrogen) atoms. The summed E-state index contributed by atoms with van der Waals surface area (Å²) in [6.07, 6.45) is 0. The van der Waals surface area contributed by atoms with Crippen LogP contribution in [0.15, 0.2) is 24.3 Å². The number of carbonyl (C=O) groups excluding carboxylic acids is 2. The standard InChI is InChI=1S/C15H22N2O3/c1-10(2)14(9-20-4)17-15(19)16-13-7-5-12(6-8-13)11(3)18/h5-8,10,14H,9H2,1-4H3,(H2,16,17,19). The predicted molar refractivity (Wildman–Crippen MR) is 79.1 cm³/mol. The molecule has 2 amide bonds. The molecule has 0 spiro atoms. The molecular formula is C15H22N2O3. The fourth-order valence-corrected chi connectivity index (χ4v) is 1.70. The molecule has 0 aliphatic rings. The number of methoxy groups -OCH3 is 1. The van der Waals surface area contributed by atoms with Crippen molar-refractivity contribution in [2.45, 2.75) is 26.8 Å². The summed E-state index contributed by atoms with van der Waals surface area (Å²) in [5.41, 5.74) is 1.27. The van der Waals surface area contributed by atoms with Gasteiger partial charge in [0.1, 0.15) is 0 Å². The second-order valence-electron chi connectivity index (χ2n) is 5.04. The van der Waals surface area contributed by atoms with Gasteiger partial charge in [0, 0.05) is 18.4 Å². The lowest BCUT2D eigenvalue weighted by atomic mass is 10.1. The Morgan fingerprint density at radius 2 is 1.80 bits per heavy atom. The molecule has 1 aromatic carbocycles. The quantitative estimate of drug-likeness (QED) is 0.786. The van der Waals surface area contributed by atoms with Gasteiger partial charge in [-0.05, 0) is 37.1 Å². The molecule has 0 aliphatic heterocycles. The summed E-state index contributed by atoms with van der Waals surface area (Å²) in [6.45, 7) is 6.01. The summed E-state index contributed by atoms with van der Waals surface area (Å²) in [5.74, 6) is 0.279. The molecule has 0 saturated heterocycles. The Morgan fingerprint density at radius 1 is 1.20 bits per heavy atom. The molecule has 0 aromatic heterocycles. The van der Waals surface area contributed by atoms with Crippen LogP contribution in [0.1, 0.15) is 31.1 Å². The lowest BCUT2D eigenvalue weighted by molar-refractivity contribution is 0.101. The first kappa shape index (κ1) is 16.2. The molecule has 110 valence electrons. The van der Waals surface area contributed by atoms with Crippen molar-refractivity contribution in [1.29, 1.82) is 0 Å². The van der Waals surface area contributed by atoms with Crippen molar-refractivity contribution in [3.63, 3.8) is 0 Å². The highest BCUT2D eigenvalue weighted by molar-refractivity contribution is 5.95. The third kappa shape index (κ3) is 5.01. The number of benzene rings is 1. The summed E-state index contributed by atoms with van der Waals surface area (Å²) >= 11 is 0. The monoisotopic (exact) mass is 278 g/mol. The Kier molecular flexibility index (Phi) is 6.18. The summed E-state index contributed by atoms with van der Waals surface area (Å²) in [7, 11) is 1.61. The van der Waals surface area contributed by atoms with E-state index < -0.39 is 0 Å². The highest BCUT2D eigenvalue weighted by atomic mass is 16.5. The zero-order chi connectivity index (χ0) is 15.1. The van der Waals surface area contributed by atoms with E-state index in [0.29, 0.717) is 17.9 Å². The van der Waals surface area contributed by atoms with Crippen LogP contribution < -0.4 is 10.6 Å². The molecule has 0 saturated carbocycles. The third-order valence-electron chi connectivity index (χ3n) is 3.02. The molecule has 2 N–H and O–H groups in total. The van der Waals surface area contributed by atoms with Crippen LogP contribution in [-0.4, -0.2) is 31.6 Å². The molecule has 1 rings (SSSR count). The molecule has 0 heterocycles. The van der Waals surface area contributed by atoms with Crippen LogP contribution in [0.4, 0.5) is 10.5 Å². The van der Waals surface area contributed by atoms with E-state index in [0.717, 1.165) is 0 Å². The molecule has 1 unspecified atom stereocenters. The smallest absolute Gasteiger partial charge is 0.319 e. The van der Waals surface area contributed by atoms with Crippen LogP contribution in [0.25, 0.3) is 0 Å². The van der Waals surface area contributed by atoms with Crippen molar-refractivity contribution in [3.05, 3.63) is 29.8 Å². The van der Waals surface area contributed by atoms with Gasteiger partial charge in [-0.25, -0.2) is 4.79 Å². The van der Waals surface area contributed by atoms with Gasteiger partial charge < -0.3 is 15.4 Å². The average molecular weight is 278 g/mol. The molecule has 5 heteroatoms. The van der Waals surface area contributed by atoms with Gasteiger partial charge in [-0.2, -0.15) is 0 Å². The molecule has 0 fully saturated rings. The average Bonchev–Trinajstić information content (AvgIpc) is 2.38. The zero-order valence-electron chi connectivity index (χ0n) is 12.4. The fraction of sp³-hybridized carbons (Fsp3) is 0.467. The second kappa shape index (κ2) is 7.65. The maximum atomic E-state index is 11.9. The third-order valence-corrected chi connectivity index (χ3v) is 3.02. The normalized spacial score (nSPS) is 12.1. The molecule has 1 aromatic rings. The van der Waals surface area contributed by atoms with Crippen LogP contribution in [-0.2, 0) is 4.74 Å². The van der Waals surface area contributed by atoms with Crippen LogP contribution in [0.5, 0.6) is 0 Å². The topological polar surface area (TPSA) is 67.4 Å². The SMILES string of the molecule is COCC(NC(=O)Nc1ccc(C(C)=O)cc1)C(C)C. The zero-order valence-corrected chi connectivity index (χ0v) is 12.4. The van der Waals surface area contributed by atoms with E-state index >= 15 is 0 Å². The van der Waals surface area contributed by atoms with E-state index in [4.69, 9.17) is 4.74 Å². The lowest BCUT2D eigenvalue weighted by Gasteiger charge is -2.21. The van der Waals surface area contributed by atoms with Crippen molar-refractivity contribution < 1.29 is 14.3 Å². The number of rotatable bonds is 6. The van der Waals surface area contributed by atoms with Gasteiger partial charge in [-0.15, -0.1) is 0 Å². The van der Waals surface area contributed by atoms with E-state index in [1.54, 1.807) is 31.4 Å². The van der Waals surface area contributed by atoms with E-state index in [9.17, 15) is 9.59 Å². The number of nitrogens with one attached hydrogen (secondary N) is 2. The van der Waals surface area contributed by atoms with Gasteiger partial charge in [0.2, 0.25) is 0 Å². The first-order valence-electron chi connectivity index (χ1n) is 6.61. The molecular weight excluding hydrogens is 256 g/mol. The molecule has 0 aliphatic carbocycles. The number of hydrogen-bond acceptors (Lipinski definition) is 3. The first-order chi connectivity index (χ1) is 9.43. The van der Waals surface area contributed by atoms with Gasteiger partial charge in [-0.3, -0.25) is 4.79 Å². The van der Waals surface area contributed by atoms with Gasteiger partial charge in [0.25, 0.3) is 0 Å². The van der Waals surface area contributed by atoms with Gasteiger partial charge >= 0.3 is 6.03 Å². The summed E-state index contributed by atoms with van der Waals surface area (Å²) in [4.78, 5) is 23.0. The Bertz CT molecular complexity index is 455. The van der Waals surface area contributed by atoms with Crippen LogP contribution in [0.2, 0.25) is 0 Å². The molecule has 0 bridgehead atoms. The fourth-order valence-electron chi connectivity index (χ4n) is 1.70. The van der Waals surface area contributed by atoms with E-state index in [-0.39, 0.29) is 23.8 Å². The molecule has 5 nitrogen and oxygen atoms in total. The minimum absolute atomic E-state index is 0.000896. The number of carbonyl (C=O) groups is 2. The second-order valence-corrected chi connectivity index (χ2v) is 5.04. The number of urea groups is 1. The minimum Gasteiger partial charge on any atom is -0.383 e. The van der Waals surface area contributed by atoms with Gasteiger partial charge in [-0.1, -0.05) is 13.8 Å². The Labute approximate surface area is 119 Å². The maximum absolute atomic E-state index is 11.9. The largest absolute Gasteiger partial charge is 0.383 e. The lowest BCUT2D eigenvalue weighted by Crippen LogP contribution is -2.43. The van der Waals surface area contributed by atoms with Crippen LogP contribution in [0.3, 0.4) is 0 Å². The van der Waals surface area contributed by atoms with E-state index in [1.165, 1.54) is 6.92 Å². The van der Waals surface area contributed by atoms with Crippen LogP contribution >= 0.6 is 0 Å². The van der Waals surface area contributed by atoms with Crippen molar-refractivity contribution in [2.24, 2.45) is 5.92 Å². The molecule has 1 atom stereocenters. The number of ether oxygens (including phenoxy) is 1. The predicted octanol–water partition coefficient (Wildman–Crippen LogP) is 2.68. The number of Topliss-reactive ketones (excluding diaryl/α,β-unsaturated/α-hetero) is 1. The Morgan fingerprint density at radius 3 is 2.25 bits per heavy atom. The van der Waals surface area contributed by atoms with Crippen LogP contribution in [0, 0.1) is 5.92 Å². The van der Waals surface area contributed by atoms with E-state index in [2.05, 4.69) is 10.6 Å². The highest BCUT2D eigenvalue weighted by Crippen LogP contribution is 2.10. The molecule has 0 radical (unpaired) electrons. The number of anilines is 1.